The molecule has 3 heteroatoms. The summed E-state index contributed by atoms with van der Waals surface area (Å²) in [5, 5.41) is 0. The zero-order chi connectivity index (χ0) is 11.4. The molecule has 0 spiro atoms. The maximum atomic E-state index is 4.41. The van der Waals surface area contributed by atoms with E-state index in [1.54, 1.807) is 6.20 Å². The van der Waals surface area contributed by atoms with Crippen LogP contribution in [0.1, 0.15) is 32.7 Å². The Morgan fingerprint density at radius 1 is 1.44 bits per heavy atom. The Morgan fingerprint density at radius 3 is 3.00 bits per heavy atom. The van der Waals surface area contributed by atoms with Crippen molar-refractivity contribution in [2.75, 3.05) is 0 Å². The Labute approximate surface area is 96.2 Å². The number of aromatic nitrogens is 3. The van der Waals surface area contributed by atoms with E-state index in [-0.39, 0.29) is 0 Å². The highest BCUT2D eigenvalue weighted by Crippen LogP contribution is 2.19. The zero-order valence-corrected chi connectivity index (χ0v) is 9.80. The molecule has 0 amide bonds. The summed E-state index contributed by atoms with van der Waals surface area (Å²) in [6, 6.07) is 4.48. The Balaban J connectivity index is 2.20. The first kappa shape index (κ1) is 10.9. The number of rotatable bonds is 4. The van der Waals surface area contributed by atoms with E-state index in [9.17, 15) is 0 Å². The third kappa shape index (κ3) is 2.30. The van der Waals surface area contributed by atoms with Crippen molar-refractivity contribution in [3.63, 3.8) is 0 Å². The average Bonchev–Trinajstić information content (AvgIpc) is 2.80. The predicted octanol–water partition coefficient (Wildman–Crippen LogP) is 3.31. The van der Waals surface area contributed by atoms with Gasteiger partial charge in [-0.15, -0.1) is 0 Å². The van der Waals surface area contributed by atoms with Gasteiger partial charge in [0.15, 0.2) is 0 Å². The van der Waals surface area contributed by atoms with Gasteiger partial charge in [0.05, 0.1) is 12.0 Å². The van der Waals surface area contributed by atoms with Crippen LogP contribution in [0.5, 0.6) is 0 Å². The van der Waals surface area contributed by atoms with Crippen molar-refractivity contribution in [1.29, 1.82) is 0 Å². The first-order valence-corrected chi connectivity index (χ1v) is 5.75. The first-order chi connectivity index (χ1) is 7.81. The van der Waals surface area contributed by atoms with Crippen LogP contribution in [0.25, 0.3) is 11.3 Å². The number of hydrogen-bond donors (Lipinski definition) is 0. The Morgan fingerprint density at radius 2 is 2.31 bits per heavy atom. The second-order valence-corrected chi connectivity index (χ2v) is 4.09. The van der Waals surface area contributed by atoms with Gasteiger partial charge in [0, 0.05) is 30.2 Å². The van der Waals surface area contributed by atoms with Crippen LogP contribution < -0.4 is 0 Å². The lowest BCUT2D eigenvalue weighted by Crippen LogP contribution is -2.01. The molecule has 1 atom stereocenters. The summed E-state index contributed by atoms with van der Waals surface area (Å²) in [6.45, 7) is 4.42. The van der Waals surface area contributed by atoms with Gasteiger partial charge in [-0.2, -0.15) is 0 Å². The third-order valence-corrected chi connectivity index (χ3v) is 2.77. The van der Waals surface area contributed by atoms with Gasteiger partial charge >= 0.3 is 0 Å². The zero-order valence-electron chi connectivity index (χ0n) is 9.80. The van der Waals surface area contributed by atoms with Crippen LogP contribution >= 0.6 is 0 Å². The fourth-order valence-corrected chi connectivity index (χ4v) is 1.81. The summed E-state index contributed by atoms with van der Waals surface area (Å²) in [7, 11) is 0. The second-order valence-electron chi connectivity index (χ2n) is 4.09. The maximum Gasteiger partial charge on any atom is 0.0956 e. The summed E-state index contributed by atoms with van der Waals surface area (Å²) < 4.78 is 2.17. The predicted molar refractivity (Wildman–Crippen MR) is 65.1 cm³/mol. The van der Waals surface area contributed by atoms with Gasteiger partial charge in [-0.25, -0.2) is 4.98 Å². The molecule has 2 heterocycles. The topological polar surface area (TPSA) is 30.7 Å². The molecule has 0 aromatic carbocycles. The molecular weight excluding hydrogens is 198 g/mol. The highest BCUT2D eigenvalue weighted by Gasteiger charge is 2.06. The summed E-state index contributed by atoms with van der Waals surface area (Å²) in [4.78, 5) is 8.51. The van der Waals surface area contributed by atoms with Gasteiger partial charge in [0.2, 0.25) is 0 Å². The molecule has 3 nitrogen and oxygen atoms in total. The van der Waals surface area contributed by atoms with Crippen LogP contribution in [0.3, 0.4) is 0 Å². The summed E-state index contributed by atoms with van der Waals surface area (Å²) in [5.74, 6) is 0. The highest BCUT2D eigenvalue weighted by molar-refractivity contribution is 5.56. The Bertz CT molecular complexity index is 433. The van der Waals surface area contributed by atoms with Gasteiger partial charge in [-0.05, 0) is 25.5 Å². The normalized spacial score (nSPS) is 12.6. The quantitative estimate of drug-likeness (QED) is 0.783. The molecule has 0 saturated heterocycles. The number of hydrogen-bond acceptors (Lipinski definition) is 2. The van der Waals surface area contributed by atoms with Crippen LogP contribution in [-0.2, 0) is 0 Å². The van der Waals surface area contributed by atoms with Crippen molar-refractivity contribution in [1.82, 2.24) is 14.5 Å². The molecule has 0 N–H and O–H groups in total. The molecular formula is C13H17N3. The van der Waals surface area contributed by atoms with E-state index in [1.165, 1.54) is 12.8 Å². The lowest BCUT2D eigenvalue weighted by atomic mass is 10.2. The smallest absolute Gasteiger partial charge is 0.0956 e. The van der Waals surface area contributed by atoms with Crippen LogP contribution in [0, 0.1) is 0 Å². The molecule has 0 saturated carbocycles. The van der Waals surface area contributed by atoms with Crippen molar-refractivity contribution in [2.45, 2.75) is 32.7 Å². The molecule has 2 rings (SSSR count). The number of nitrogens with zero attached hydrogens (tertiary/aromatic N) is 3. The van der Waals surface area contributed by atoms with Gasteiger partial charge in [0.1, 0.15) is 0 Å². The second kappa shape index (κ2) is 4.92. The molecule has 0 radical (unpaired) electrons. The lowest BCUT2D eigenvalue weighted by molar-refractivity contribution is 0.500. The monoisotopic (exact) mass is 215 g/mol. The average molecular weight is 215 g/mol. The number of pyridine rings is 1. The van der Waals surface area contributed by atoms with Crippen LogP contribution in [-0.4, -0.2) is 14.5 Å². The van der Waals surface area contributed by atoms with Gasteiger partial charge in [-0.3, -0.25) is 4.98 Å². The molecule has 16 heavy (non-hydrogen) atoms. The van der Waals surface area contributed by atoms with Crippen molar-refractivity contribution in [3.8, 4) is 11.3 Å². The van der Waals surface area contributed by atoms with E-state index in [4.69, 9.17) is 0 Å². The minimum absolute atomic E-state index is 0.517. The fourth-order valence-electron chi connectivity index (χ4n) is 1.81. The van der Waals surface area contributed by atoms with Gasteiger partial charge in [-0.1, -0.05) is 13.3 Å². The fraction of sp³-hybridized carbons (Fsp3) is 0.385. The summed E-state index contributed by atoms with van der Waals surface area (Å²) in [5.41, 5.74) is 2.07. The van der Waals surface area contributed by atoms with Crippen molar-refractivity contribution in [2.24, 2.45) is 0 Å². The molecule has 84 valence electrons. The largest absolute Gasteiger partial charge is 0.334 e. The van der Waals surface area contributed by atoms with Crippen molar-refractivity contribution in [3.05, 3.63) is 37.1 Å². The molecule has 0 unspecified atom stereocenters. The van der Waals surface area contributed by atoms with E-state index in [0.717, 1.165) is 11.3 Å². The van der Waals surface area contributed by atoms with E-state index in [0.29, 0.717) is 6.04 Å². The summed E-state index contributed by atoms with van der Waals surface area (Å²) >= 11 is 0. The van der Waals surface area contributed by atoms with Gasteiger partial charge in [0.25, 0.3) is 0 Å². The Hall–Kier alpha value is -1.64. The highest BCUT2D eigenvalue weighted by atomic mass is 15.1. The molecule has 0 aliphatic heterocycles. The standard InChI is InChI=1S/C13H17N3/c1-3-5-11(2)16-9-13(15-10-16)12-6-4-7-14-8-12/h4,6-11H,3,5H2,1-2H3/t11-/m1/s1. The van der Waals surface area contributed by atoms with E-state index < -0.39 is 0 Å². The minimum Gasteiger partial charge on any atom is -0.334 e. The lowest BCUT2D eigenvalue weighted by Gasteiger charge is -2.10. The molecule has 0 bridgehead atoms. The molecule has 0 aliphatic rings. The van der Waals surface area contributed by atoms with E-state index >= 15 is 0 Å². The molecule has 2 aromatic rings. The number of imidazole rings is 1. The molecule has 0 fully saturated rings. The van der Waals surface area contributed by atoms with E-state index in [2.05, 4.69) is 34.6 Å². The van der Waals surface area contributed by atoms with Gasteiger partial charge < -0.3 is 4.57 Å². The third-order valence-electron chi connectivity index (χ3n) is 2.77. The SMILES string of the molecule is CCC[C@@H](C)n1cnc(-c2cccnc2)c1. The maximum absolute atomic E-state index is 4.41. The van der Waals surface area contributed by atoms with Crippen molar-refractivity contribution >= 4 is 0 Å². The van der Waals surface area contributed by atoms with E-state index in [1.807, 2.05) is 24.7 Å². The molecule has 0 aliphatic carbocycles. The first-order valence-electron chi connectivity index (χ1n) is 5.75. The molecule has 2 aromatic heterocycles. The minimum atomic E-state index is 0.517. The van der Waals surface area contributed by atoms with Crippen molar-refractivity contribution < 1.29 is 0 Å². The summed E-state index contributed by atoms with van der Waals surface area (Å²) in [6.07, 6.45) is 10.0. The van der Waals surface area contributed by atoms with Crippen LogP contribution in [0.4, 0.5) is 0 Å². The Kier molecular flexibility index (Phi) is 3.34. The van der Waals surface area contributed by atoms with Crippen LogP contribution in [0.2, 0.25) is 0 Å². The van der Waals surface area contributed by atoms with Crippen LogP contribution in [0.15, 0.2) is 37.1 Å².